The molecule has 1 amide bonds. The SMILES string of the molecule is Cc1occc1C(=O)NCc1cccnc1N1CCN(C)CC1. The van der Waals surface area contributed by atoms with Crippen LogP contribution < -0.4 is 10.2 Å². The lowest BCUT2D eigenvalue weighted by molar-refractivity contribution is 0.0949. The van der Waals surface area contributed by atoms with Crippen LogP contribution in [0, 0.1) is 6.92 Å². The lowest BCUT2D eigenvalue weighted by atomic mass is 10.2. The first-order valence-electron chi connectivity index (χ1n) is 7.85. The molecular formula is C17H22N4O2. The summed E-state index contributed by atoms with van der Waals surface area (Å²) < 4.78 is 5.18. The zero-order valence-electron chi connectivity index (χ0n) is 13.6. The fourth-order valence-corrected chi connectivity index (χ4v) is 2.76. The van der Waals surface area contributed by atoms with Gasteiger partial charge in [-0.15, -0.1) is 0 Å². The molecule has 23 heavy (non-hydrogen) atoms. The summed E-state index contributed by atoms with van der Waals surface area (Å²) in [7, 11) is 2.13. The Morgan fingerprint density at radius 2 is 2.09 bits per heavy atom. The van der Waals surface area contributed by atoms with E-state index in [1.807, 2.05) is 12.1 Å². The molecule has 122 valence electrons. The Labute approximate surface area is 136 Å². The molecule has 1 saturated heterocycles. The van der Waals surface area contributed by atoms with Gasteiger partial charge in [-0.3, -0.25) is 4.79 Å². The summed E-state index contributed by atoms with van der Waals surface area (Å²) in [6.07, 6.45) is 3.34. The number of hydrogen-bond acceptors (Lipinski definition) is 5. The first kappa shape index (κ1) is 15.6. The van der Waals surface area contributed by atoms with E-state index < -0.39 is 0 Å². The van der Waals surface area contributed by atoms with Crippen LogP contribution in [0.3, 0.4) is 0 Å². The minimum Gasteiger partial charge on any atom is -0.469 e. The van der Waals surface area contributed by atoms with E-state index >= 15 is 0 Å². The molecule has 0 atom stereocenters. The van der Waals surface area contributed by atoms with Crippen molar-refractivity contribution in [1.29, 1.82) is 0 Å². The lowest BCUT2D eigenvalue weighted by Crippen LogP contribution is -2.45. The normalized spacial score (nSPS) is 15.7. The molecule has 1 aliphatic rings. The van der Waals surface area contributed by atoms with Gasteiger partial charge in [-0.1, -0.05) is 6.07 Å². The number of furan rings is 1. The van der Waals surface area contributed by atoms with Crippen LogP contribution in [0.15, 0.2) is 35.1 Å². The average Bonchev–Trinajstić information content (AvgIpc) is 3.00. The number of amides is 1. The maximum absolute atomic E-state index is 12.2. The predicted molar refractivity (Wildman–Crippen MR) is 88.6 cm³/mol. The Hall–Kier alpha value is -2.34. The third-order valence-electron chi connectivity index (χ3n) is 4.21. The maximum Gasteiger partial charge on any atom is 0.255 e. The Kier molecular flexibility index (Phi) is 4.62. The second kappa shape index (κ2) is 6.83. The fraction of sp³-hybridized carbons (Fsp3) is 0.412. The highest BCUT2D eigenvalue weighted by atomic mass is 16.3. The first-order valence-corrected chi connectivity index (χ1v) is 7.85. The van der Waals surface area contributed by atoms with Gasteiger partial charge in [0.1, 0.15) is 11.6 Å². The first-order chi connectivity index (χ1) is 11.1. The molecule has 0 saturated carbocycles. The van der Waals surface area contributed by atoms with Crippen molar-refractivity contribution in [1.82, 2.24) is 15.2 Å². The zero-order valence-corrected chi connectivity index (χ0v) is 13.6. The van der Waals surface area contributed by atoms with Crippen LogP contribution in [0.2, 0.25) is 0 Å². The van der Waals surface area contributed by atoms with Gasteiger partial charge in [0.05, 0.1) is 11.8 Å². The van der Waals surface area contributed by atoms with Crippen molar-refractivity contribution < 1.29 is 9.21 Å². The van der Waals surface area contributed by atoms with Crippen molar-refractivity contribution in [3.63, 3.8) is 0 Å². The van der Waals surface area contributed by atoms with Gasteiger partial charge in [-0.2, -0.15) is 0 Å². The number of carbonyl (C=O) groups excluding carboxylic acids is 1. The number of rotatable bonds is 4. The smallest absolute Gasteiger partial charge is 0.255 e. The molecule has 0 unspecified atom stereocenters. The fourth-order valence-electron chi connectivity index (χ4n) is 2.76. The topological polar surface area (TPSA) is 61.6 Å². The highest BCUT2D eigenvalue weighted by Crippen LogP contribution is 2.19. The van der Waals surface area contributed by atoms with Gasteiger partial charge in [0, 0.05) is 44.5 Å². The van der Waals surface area contributed by atoms with Crippen LogP contribution in [0.1, 0.15) is 21.7 Å². The molecule has 0 spiro atoms. The largest absolute Gasteiger partial charge is 0.469 e. The van der Waals surface area contributed by atoms with Crippen molar-refractivity contribution >= 4 is 11.7 Å². The number of aromatic nitrogens is 1. The minimum atomic E-state index is -0.121. The van der Waals surface area contributed by atoms with Gasteiger partial charge in [0.2, 0.25) is 0 Å². The summed E-state index contributed by atoms with van der Waals surface area (Å²) in [5.74, 6) is 1.47. The highest BCUT2D eigenvalue weighted by Gasteiger charge is 2.18. The van der Waals surface area contributed by atoms with Crippen molar-refractivity contribution in [2.24, 2.45) is 0 Å². The summed E-state index contributed by atoms with van der Waals surface area (Å²) in [6, 6.07) is 5.61. The molecule has 1 N–H and O–H groups in total. The molecule has 0 bridgehead atoms. The van der Waals surface area contributed by atoms with Crippen molar-refractivity contribution in [3.05, 3.63) is 47.5 Å². The Morgan fingerprint density at radius 1 is 1.30 bits per heavy atom. The lowest BCUT2D eigenvalue weighted by Gasteiger charge is -2.34. The molecule has 1 aliphatic heterocycles. The van der Waals surface area contributed by atoms with Gasteiger partial charge < -0.3 is 19.5 Å². The van der Waals surface area contributed by atoms with E-state index in [9.17, 15) is 4.79 Å². The number of anilines is 1. The number of piperazine rings is 1. The summed E-state index contributed by atoms with van der Waals surface area (Å²) in [4.78, 5) is 21.3. The molecule has 0 radical (unpaired) electrons. The van der Waals surface area contributed by atoms with Crippen molar-refractivity contribution in [3.8, 4) is 0 Å². The van der Waals surface area contributed by atoms with E-state index in [1.54, 1.807) is 19.2 Å². The standard InChI is InChI=1S/C17H22N4O2/c1-13-15(5-11-23-13)17(22)19-12-14-4-3-6-18-16(14)21-9-7-20(2)8-10-21/h3-6,11H,7-10,12H2,1-2H3,(H,19,22). The Morgan fingerprint density at radius 3 is 2.78 bits per heavy atom. The maximum atomic E-state index is 12.2. The second-order valence-electron chi connectivity index (χ2n) is 5.85. The monoisotopic (exact) mass is 314 g/mol. The summed E-state index contributed by atoms with van der Waals surface area (Å²) in [5.41, 5.74) is 1.61. The molecule has 1 fully saturated rings. The molecule has 3 heterocycles. The van der Waals surface area contributed by atoms with Crippen LogP contribution in [-0.4, -0.2) is 49.0 Å². The number of likely N-dealkylation sites (N-methyl/N-ethyl adjacent to an activating group) is 1. The highest BCUT2D eigenvalue weighted by molar-refractivity contribution is 5.95. The Bertz CT molecular complexity index is 675. The third kappa shape index (κ3) is 3.53. The van der Waals surface area contributed by atoms with E-state index in [0.29, 0.717) is 17.9 Å². The molecule has 3 rings (SSSR count). The number of hydrogen-bond donors (Lipinski definition) is 1. The van der Waals surface area contributed by atoms with Gasteiger partial charge in [-0.05, 0) is 26.1 Å². The molecule has 6 heteroatoms. The zero-order chi connectivity index (χ0) is 16.2. The molecule has 0 aromatic carbocycles. The average molecular weight is 314 g/mol. The van der Waals surface area contributed by atoms with E-state index in [-0.39, 0.29) is 5.91 Å². The van der Waals surface area contributed by atoms with Gasteiger partial charge in [0.25, 0.3) is 5.91 Å². The van der Waals surface area contributed by atoms with Gasteiger partial charge >= 0.3 is 0 Å². The second-order valence-corrected chi connectivity index (χ2v) is 5.85. The number of aryl methyl sites for hydroxylation is 1. The predicted octanol–water partition coefficient (Wildman–Crippen LogP) is 1.66. The number of carbonyl (C=O) groups is 1. The van der Waals surface area contributed by atoms with E-state index in [2.05, 4.69) is 27.1 Å². The van der Waals surface area contributed by atoms with E-state index in [4.69, 9.17) is 4.42 Å². The molecule has 0 aliphatic carbocycles. The van der Waals surface area contributed by atoms with Crippen molar-refractivity contribution in [2.75, 3.05) is 38.1 Å². The number of nitrogens with one attached hydrogen (secondary N) is 1. The van der Waals surface area contributed by atoms with Crippen LogP contribution in [0.25, 0.3) is 0 Å². The van der Waals surface area contributed by atoms with Crippen molar-refractivity contribution in [2.45, 2.75) is 13.5 Å². The molecule has 2 aromatic rings. The van der Waals surface area contributed by atoms with Gasteiger partial charge in [0.15, 0.2) is 0 Å². The van der Waals surface area contributed by atoms with E-state index in [1.165, 1.54) is 6.26 Å². The number of nitrogens with zero attached hydrogens (tertiary/aromatic N) is 3. The van der Waals surface area contributed by atoms with Gasteiger partial charge in [-0.25, -0.2) is 4.98 Å². The molecular weight excluding hydrogens is 292 g/mol. The molecule has 6 nitrogen and oxygen atoms in total. The summed E-state index contributed by atoms with van der Waals surface area (Å²) >= 11 is 0. The van der Waals surface area contributed by atoms with Crippen LogP contribution >= 0.6 is 0 Å². The number of pyridine rings is 1. The molecule has 2 aromatic heterocycles. The quantitative estimate of drug-likeness (QED) is 0.930. The van der Waals surface area contributed by atoms with Crippen LogP contribution in [-0.2, 0) is 6.54 Å². The van der Waals surface area contributed by atoms with E-state index in [0.717, 1.165) is 37.6 Å². The Balaban J connectivity index is 1.69. The summed E-state index contributed by atoms with van der Waals surface area (Å²) in [5, 5.41) is 2.95. The third-order valence-corrected chi connectivity index (χ3v) is 4.21. The minimum absolute atomic E-state index is 0.121. The van der Waals surface area contributed by atoms with Crippen LogP contribution in [0.4, 0.5) is 5.82 Å². The van der Waals surface area contributed by atoms with Crippen LogP contribution in [0.5, 0.6) is 0 Å². The summed E-state index contributed by atoms with van der Waals surface area (Å²) in [6.45, 7) is 6.20.